The van der Waals surface area contributed by atoms with Gasteiger partial charge in [-0.05, 0) is 12.1 Å². The summed E-state index contributed by atoms with van der Waals surface area (Å²) in [7, 11) is 7.77. The van der Waals surface area contributed by atoms with Crippen LogP contribution in [0.1, 0.15) is 5.69 Å². The van der Waals surface area contributed by atoms with E-state index in [-0.39, 0.29) is 24.0 Å². The van der Waals surface area contributed by atoms with Gasteiger partial charge >= 0.3 is 0 Å². The summed E-state index contributed by atoms with van der Waals surface area (Å²) < 4.78 is 5.72. The number of halogens is 1. The number of aromatic nitrogens is 1. The molecule has 25 heavy (non-hydrogen) atoms. The number of benzene rings is 1. The van der Waals surface area contributed by atoms with Crippen LogP contribution < -0.4 is 15.0 Å². The van der Waals surface area contributed by atoms with Crippen LogP contribution in [-0.2, 0) is 6.54 Å². The molecule has 0 atom stereocenters. The van der Waals surface area contributed by atoms with Gasteiger partial charge in [0.1, 0.15) is 12.4 Å². The van der Waals surface area contributed by atoms with Gasteiger partial charge in [-0.2, -0.15) is 0 Å². The summed E-state index contributed by atoms with van der Waals surface area (Å²) in [6.07, 6.45) is 0. The second kappa shape index (κ2) is 11.1. The van der Waals surface area contributed by atoms with Gasteiger partial charge in [0.05, 0.1) is 18.8 Å². The van der Waals surface area contributed by atoms with Gasteiger partial charge in [0.25, 0.3) is 0 Å². The number of hydrogen-bond donors (Lipinski definition) is 1. The molecule has 1 aromatic carbocycles. The maximum absolute atomic E-state index is 5.72. The second-order valence-electron chi connectivity index (χ2n) is 5.50. The van der Waals surface area contributed by atoms with Gasteiger partial charge in [0, 0.05) is 33.6 Å². The Kier molecular flexibility index (Phi) is 9.58. The molecule has 138 valence electrons. The maximum atomic E-state index is 5.72. The van der Waals surface area contributed by atoms with Gasteiger partial charge in [-0.15, -0.1) is 35.3 Å². The molecule has 0 saturated carbocycles. The highest BCUT2D eigenvalue weighted by Crippen LogP contribution is 2.17. The van der Waals surface area contributed by atoms with Crippen LogP contribution in [0.2, 0.25) is 0 Å². The van der Waals surface area contributed by atoms with E-state index >= 15 is 0 Å². The summed E-state index contributed by atoms with van der Waals surface area (Å²) >= 11 is 1.64. The third kappa shape index (κ3) is 7.07. The topological polar surface area (TPSA) is 53.0 Å². The molecule has 0 aliphatic heterocycles. The zero-order valence-electron chi connectivity index (χ0n) is 15.1. The van der Waals surface area contributed by atoms with Crippen LogP contribution >= 0.6 is 35.3 Å². The number of nitrogens with zero attached hydrogens (tertiary/aromatic N) is 4. The zero-order chi connectivity index (χ0) is 17.4. The van der Waals surface area contributed by atoms with E-state index in [9.17, 15) is 0 Å². The van der Waals surface area contributed by atoms with Gasteiger partial charge in [-0.25, -0.2) is 4.98 Å². The van der Waals surface area contributed by atoms with Crippen molar-refractivity contribution in [2.45, 2.75) is 6.54 Å². The highest BCUT2D eigenvalue weighted by Gasteiger charge is 2.08. The SMILES string of the molecule is CN=C(NCc1csc(N(C)C)n1)N(C)CCOc1ccccc1.I. The minimum Gasteiger partial charge on any atom is -0.492 e. The summed E-state index contributed by atoms with van der Waals surface area (Å²) in [5.74, 6) is 1.71. The maximum Gasteiger partial charge on any atom is 0.193 e. The molecule has 2 rings (SSSR count). The summed E-state index contributed by atoms with van der Waals surface area (Å²) in [5, 5.41) is 6.40. The van der Waals surface area contributed by atoms with Gasteiger partial charge in [0.15, 0.2) is 11.1 Å². The fraction of sp³-hybridized carbons (Fsp3) is 0.412. The van der Waals surface area contributed by atoms with E-state index in [0.29, 0.717) is 13.2 Å². The molecule has 0 unspecified atom stereocenters. The first-order chi connectivity index (χ1) is 11.6. The number of hydrogen-bond acceptors (Lipinski definition) is 5. The molecule has 0 spiro atoms. The van der Waals surface area contributed by atoms with Crippen molar-refractivity contribution in [2.24, 2.45) is 4.99 Å². The molecule has 0 bridgehead atoms. The van der Waals surface area contributed by atoms with Crippen molar-refractivity contribution < 1.29 is 4.74 Å². The number of likely N-dealkylation sites (N-methyl/N-ethyl adjacent to an activating group) is 1. The van der Waals surface area contributed by atoms with Crippen LogP contribution in [-0.4, -0.2) is 57.2 Å². The van der Waals surface area contributed by atoms with Crippen molar-refractivity contribution in [3.05, 3.63) is 41.4 Å². The van der Waals surface area contributed by atoms with Crippen LogP contribution in [0, 0.1) is 0 Å². The third-order valence-electron chi connectivity index (χ3n) is 3.36. The third-order valence-corrected chi connectivity index (χ3v) is 4.42. The Morgan fingerprint density at radius 3 is 2.56 bits per heavy atom. The smallest absolute Gasteiger partial charge is 0.193 e. The first kappa shape index (κ1) is 21.5. The quantitative estimate of drug-likeness (QED) is 0.379. The molecule has 0 fully saturated rings. The number of anilines is 1. The molecule has 8 heteroatoms. The number of aliphatic imine (C=N–C) groups is 1. The van der Waals surface area contributed by atoms with E-state index in [1.807, 2.05) is 61.3 Å². The fourth-order valence-electron chi connectivity index (χ4n) is 2.06. The highest BCUT2D eigenvalue weighted by molar-refractivity contribution is 14.0. The van der Waals surface area contributed by atoms with E-state index in [1.54, 1.807) is 18.4 Å². The van der Waals surface area contributed by atoms with Gasteiger partial charge in [-0.1, -0.05) is 18.2 Å². The molecule has 0 aliphatic rings. The molecule has 1 aromatic heterocycles. The standard InChI is InChI=1S/C17H25N5OS.HI/c1-18-16(19-12-14-13-24-17(20-14)21(2)3)22(4)10-11-23-15-8-6-5-7-9-15;/h5-9,13H,10-12H2,1-4H3,(H,18,19);1H. The lowest BCUT2D eigenvalue weighted by Crippen LogP contribution is -2.40. The molecule has 0 aliphatic carbocycles. The minimum atomic E-state index is 0. The van der Waals surface area contributed by atoms with Gasteiger partial charge in [-0.3, -0.25) is 4.99 Å². The lowest BCUT2D eigenvalue weighted by Gasteiger charge is -2.21. The number of ether oxygens (including phenoxy) is 1. The average Bonchev–Trinajstić information content (AvgIpc) is 3.06. The van der Waals surface area contributed by atoms with Crippen LogP contribution in [0.5, 0.6) is 5.75 Å². The minimum absolute atomic E-state index is 0. The van der Waals surface area contributed by atoms with Crippen molar-refractivity contribution in [1.29, 1.82) is 0 Å². The predicted molar refractivity (Wildman–Crippen MR) is 117 cm³/mol. The van der Waals surface area contributed by atoms with Crippen molar-refractivity contribution in [2.75, 3.05) is 46.2 Å². The van der Waals surface area contributed by atoms with Crippen LogP contribution in [0.25, 0.3) is 0 Å². The average molecular weight is 475 g/mol. The van der Waals surface area contributed by atoms with Gasteiger partial charge < -0.3 is 19.9 Å². The molecule has 6 nitrogen and oxygen atoms in total. The number of nitrogens with one attached hydrogen (secondary N) is 1. The number of thiazole rings is 1. The lowest BCUT2D eigenvalue weighted by atomic mass is 10.3. The summed E-state index contributed by atoms with van der Waals surface area (Å²) in [5.41, 5.74) is 1.01. The normalized spacial score (nSPS) is 10.8. The van der Waals surface area contributed by atoms with E-state index in [2.05, 4.69) is 20.7 Å². The first-order valence-electron chi connectivity index (χ1n) is 7.81. The Morgan fingerprint density at radius 2 is 1.96 bits per heavy atom. The molecule has 0 saturated heterocycles. The zero-order valence-corrected chi connectivity index (χ0v) is 18.2. The Morgan fingerprint density at radius 1 is 1.24 bits per heavy atom. The van der Waals surface area contributed by atoms with Gasteiger partial charge in [0.2, 0.25) is 0 Å². The van der Waals surface area contributed by atoms with Crippen LogP contribution in [0.4, 0.5) is 5.13 Å². The largest absolute Gasteiger partial charge is 0.492 e. The summed E-state index contributed by atoms with van der Waals surface area (Å²) in [4.78, 5) is 12.9. The molecular formula is C17H26IN5OS. The Labute approximate surface area is 170 Å². The van der Waals surface area contributed by atoms with Crippen molar-refractivity contribution in [1.82, 2.24) is 15.2 Å². The fourth-order valence-corrected chi connectivity index (χ4v) is 2.82. The molecule has 0 radical (unpaired) electrons. The monoisotopic (exact) mass is 475 g/mol. The summed E-state index contributed by atoms with van der Waals surface area (Å²) in [6.45, 7) is 2.00. The number of para-hydroxylation sites is 1. The number of guanidine groups is 1. The highest BCUT2D eigenvalue weighted by atomic mass is 127. The predicted octanol–water partition coefficient (Wildman–Crippen LogP) is 2.91. The molecule has 0 amide bonds. The van der Waals surface area contributed by atoms with E-state index in [4.69, 9.17) is 4.74 Å². The van der Waals surface area contributed by atoms with Crippen molar-refractivity contribution in [3.8, 4) is 5.75 Å². The Balaban J connectivity index is 0.00000312. The first-order valence-corrected chi connectivity index (χ1v) is 8.69. The molecule has 2 aromatic rings. The Hall–Kier alpha value is -1.55. The van der Waals surface area contributed by atoms with Crippen molar-refractivity contribution in [3.63, 3.8) is 0 Å². The van der Waals surface area contributed by atoms with E-state index < -0.39 is 0 Å². The molecule has 1 heterocycles. The molecule has 1 N–H and O–H groups in total. The summed E-state index contributed by atoms with van der Waals surface area (Å²) in [6, 6.07) is 9.82. The van der Waals surface area contributed by atoms with E-state index in [0.717, 1.165) is 29.1 Å². The van der Waals surface area contributed by atoms with E-state index in [1.165, 1.54) is 0 Å². The van der Waals surface area contributed by atoms with Crippen LogP contribution in [0.3, 0.4) is 0 Å². The second-order valence-corrected chi connectivity index (χ2v) is 6.34. The van der Waals surface area contributed by atoms with Crippen LogP contribution in [0.15, 0.2) is 40.7 Å². The molecular weight excluding hydrogens is 449 g/mol. The number of rotatable bonds is 7. The van der Waals surface area contributed by atoms with Crippen molar-refractivity contribution >= 4 is 46.4 Å². The lowest BCUT2D eigenvalue weighted by molar-refractivity contribution is 0.281. The Bertz CT molecular complexity index is 647.